The first-order valence-corrected chi connectivity index (χ1v) is 4.35. The average molecular weight is 182 g/mol. The van der Waals surface area contributed by atoms with Crippen molar-refractivity contribution in [2.24, 2.45) is 7.05 Å². The maximum absolute atomic E-state index is 10.6. The molecule has 0 aliphatic carbocycles. The number of aromatic nitrogens is 2. The van der Waals surface area contributed by atoms with Crippen molar-refractivity contribution in [1.29, 1.82) is 0 Å². The molecule has 1 aromatic heterocycles. The Kier molecular flexibility index (Phi) is 2.70. The van der Waals surface area contributed by atoms with Crippen LogP contribution in [0.1, 0.15) is 29.7 Å². The van der Waals surface area contributed by atoms with Crippen LogP contribution in [0, 0.1) is 6.92 Å². The van der Waals surface area contributed by atoms with Crippen LogP contribution in [-0.4, -0.2) is 10.5 Å². The fraction of sp³-hybridized carbons (Fsp3) is 0.556. The molecule has 4 nitrogen and oxygen atoms in total. The van der Waals surface area contributed by atoms with Gasteiger partial charge in [-0.2, -0.15) is 0 Å². The Morgan fingerprint density at radius 1 is 1.69 bits per heavy atom. The van der Waals surface area contributed by atoms with Crippen LogP contribution in [0.25, 0.3) is 0 Å². The lowest BCUT2D eigenvalue weighted by atomic mass is 10.4. The summed E-state index contributed by atoms with van der Waals surface area (Å²) >= 11 is 0. The number of carbonyl (C=O) groups is 1. The molecule has 0 unspecified atom stereocenters. The van der Waals surface area contributed by atoms with Gasteiger partial charge in [0, 0.05) is 6.92 Å². The van der Waals surface area contributed by atoms with Crippen LogP contribution >= 0.6 is 0 Å². The van der Waals surface area contributed by atoms with Crippen LogP contribution in [0.15, 0.2) is 6.20 Å². The molecule has 0 saturated heterocycles. The van der Waals surface area contributed by atoms with Crippen LogP contribution in [0.2, 0.25) is 0 Å². The molecule has 0 spiro atoms. The summed E-state index contributed by atoms with van der Waals surface area (Å²) in [5.41, 5.74) is 0.228. The number of aromatic carboxylic acids is 1. The number of hydrogen-bond acceptors (Lipinski definition) is 2. The van der Waals surface area contributed by atoms with E-state index in [0.717, 1.165) is 18.8 Å². The van der Waals surface area contributed by atoms with Gasteiger partial charge in [-0.25, -0.2) is 9.13 Å². The van der Waals surface area contributed by atoms with Crippen LogP contribution < -0.4 is 9.67 Å². The van der Waals surface area contributed by atoms with E-state index in [4.69, 9.17) is 0 Å². The quantitative estimate of drug-likeness (QED) is 0.586. The van der Waals surface area contributed by atoms with Gasteiger partial charge in [-0.3, -0.25) is 0 Å². The zero-order valence-corrected chi connectivity index (χ0v) is 8.20. The summed E-state index contributed by atoms with van der Waals surface area (Å²) in [6.45, 7) is 4.78. The Morgan fingerprint density at radius 2 is 2.31 bits per heavy atom. The number of rotatable bonds is 3. The molecule has 0 radical (unpaired) electrons. The maximum atomic E-state index is 10.6. The fourth-order valence-corrected chi connectivity index (χ4v) is 1.35. The van der Waals surface area contributed by atoms with E-state index in [1.54, 1.807) is 17.8 Å². The van der Waals surface area contributed by atoms with Gasteiger partial charge in [-0.1, -0.05) is 6.92 Å². The molecule has 1 heterocycles. The number of imidazole rings is 1. The monoisotopic (exact) mass is 182 g/mol. The largest absolute Gasteiger partial charge is 0.541 e. The van der Waals surface area contributed by atoms with Gasteiger partial charge in [-0.05, 0) is 6.42 Å². The van der Waals surface area contributed by atoms with Crippen LogP contribution in [0.5, 0.6) is 0 Å². The molecule has 1 aromatic rings. The van der Waals surface area contributed by atoms with Crippen molar-refractivity contribution in [3.8, 4) is 0 Å². The summed E-state index contributed by atoms with van der Waals surface area (Å²) in [4.78, 5) is 10.6. The Balaban J connectivity index is 3.12. The number of carboxylic acid groups (broad SMARTS) is 1. The van der Waals surface area contributed by atoms with Gasteiger partial charge in [0.05, 0.1) is 13.6 Å². The minimum Gasteiger partial charge on any atom is -0.541 e. The minimum absolute atomic E-state index is 0.228. The smallest absolute Gasteiger partial charge is 0.253 e. The topological polar surface area (TPSA) is 48.9 Å². The molecule has 4 heteroatoms. The van der Waals surface area contributed by atoms with Crippen LogP contribution in [0.3, 0.4) is 0 Å². The van der Waals surface area contributed by atoms with Gasteiger partial charge in [-0.15, -0.1) is 0 Å². The standard InChI is InChI=1S/C9H14N2O2/c1-4-5-11-6-8(9(12)13)10(3)7(11)2/h6H,4-5H2,1-3H3. The molecule has 0 atom stereocenters. The molecule has 0 saturated carbocycles. The van der Waals surface area contributed by atoms with Crippen molar-refractivity contribution in [2.75, 3.05) is 0 Å². The highest BCUT2D eigenvalue weighted by Crippen LogP contribution is 1.98. The molecule has 0 aromatic carbocycles. The molecule has 0 aliphatic heterocycles. The van der Waals surface area contributed by atoms with Crippen LogP contribution in [-0.2, 0) is 13.6 Å². The molecule has 0 aliphatic rings. The second-order valence-electron chi connectivity index (χ2n) is 3.10. The summed E-state index contributed by atoms with van der Waals surface area (Å²) in [6, 6.07) is 0. The summed E-state index contributed by atoms with van der Waals surface area (Å²) in [6.07, 6.45) is 2.61. The molecule has 0 bridgehead atoms. The van der Waals surface area contributed by atoms with E-state index in [9.17, 15) is 9.90 Å². The molecule has 1 rings (SSSR count). The molecule has 72 valence electrons. The van der Waals surface area contributed by atoms with E-state index in [1.807, 2.05) is 11.5 Å². The third kappa shape index (κ3) is 1.71. The van der Waals surface area contributed by atoms with E-state index < -0.39 is 5.97 Å². The molecule has 0 fully saturated rings. The SMILES string of the molecule is CCC[n+]1cc(C(=O)[O-])n(C)c1C. The molecular weight excluding hydrogens is 168 g/mol. The van der Waals surface area contributed by atoms with Gasteiger partial charge >= 0.3 is 0 Å². The molecule has 0 amide bonds. The molecule has 0 N–H and O–H groups in total. The highest BCUT2D eigenvalue weighted by Gasteiger charge is 2.16. The van der Waals surface area contributed by atoms with Gasteiger partial charge in [0.2, 0.25) is 0 Å². The molecular formula is C9H14N2O2. The van der Waals surface area contributed by atoms with Gasteiger partial charge < -0.3 is 9.90 Å². The Bertz CT molecular complexity index is 329. The lowest BCUT2D eigenvalue weighted by molar-refractivity contribution is -0.702. The minimum atomic E-state index is -1.12. The van der Waals surface area contributed by atoms with Crippen LogP contribution in [0.4, 0.5) is 0 Å². The number of nitrogens with zero attached hydrogens (tertiary/aromatic N) is 2. The summed E-state index contributed by atoms with van der Waals surface area (Å²) in [7, 11) is 1.73. The van der Waals surface area contributed by atoms with E-state index in [2.05, 4.69) is 6.92 Å². The number of hydrogen-bond donors (Lipinski definition) is 0. The second kappa shape index (κ2) is 3.60. The lowest BCUT2D eigenvalue weighted by Gasteiger charge is -1.95. The third-order valence-electron chi connectivity index (χ3n) is 2.21. The van der Waals surface area contributed by atoms with Crippen molar-refractivity contribution in [1.82, 2.24) is 4.57 Å². The Labute approximate surface area is 77.4 Å². The van der Waals surface area contributed by atoms with Gasteiger partial charge in [0.25, 0.3) is 5.82 Å². The zero-order valence-electron chi connectivity index (χ0n) is 8.20. The molecule has 13 heavy (non-hydrogen) atoms. The van der Waals surface area contributed by atoms with Crippen molar-refractivity contribution in [3.05, 3.63) is 17.7 Å². The Hall–Kier alpha value is -1.32. The predicted molar refractivity (Wildman–Crippen MR) is 45.0 cm³/mol. The van der Waals surface area contributed by atoms with Gasteiger partial charge in [0.15, 0.2) is 5.69 Å². The third-order valence-corrected chi connectivity index (χ3v) is 2.21. The van der Waals surface area contributed by atoms with E-state index in [0.29, 0.717) is 0 Å². The lowest BCUT2D eigenvalue weighted by Crippen LogP contribution is -2.35. The van der Waals surface area contributed by atoms with Crippen molar-refractivity contribution in [3.63, 3.8) is 0 Å². The normalized spacial score (nSPS) is 10.4. The first kappa shape index (κ1) is 9.77. The van der Waals surface area contributed by atoms with Crippen molar-refractivity contribution < 1.29 is 14.5 Å². The van der Waals surface area contributed by atoms with E-state index in [-0.39, 0.29) is 5.69 Å². The Morgan fingerprint density at radius 3 is 2.69 bits per heavy atom. The number of carboxylic acids is 1. The highest BCUT2D eigenvalue weighted by atomic mass is 16.4. The van der Waals surface area contributed by atoms with Gasteiger partial charge in [0.1, 0.15) is 12.2 Å². The van der Waals surface area contributed by atoms with Crippen molar-refractivity contribution in [2.45, 2.75) is 26.8 Å². The number of aryl methyl sites for hydroxylation is 1. The number of carbonyl (C=O) groups excluding carboxylic acids is 1. The maximum Gasteiger partial charge on any atom is 0.253 e. The zero-order chi connectivity index (χ0) is 10.0. The van der Waals surface area contributed by atoms with E-state index >= 15 is 0 Å². The fourth-order valence-electron chi connectivity index (χ4n) is 1.35. The first-order chi connectivity index (χ1) is 6.07. The summed E-state index contributed by atoms with van der Waals surface area (Å²) < 4.78 is 3.55. The second-order valence-corrected chi connectivity index (χ2v) is 3.10. The highest BCUT2D eigenvalue weighted by molar-refractivity contribution is 5.83. The van der Waals surface area contributed by atoms with Crippen molar-refractivity contribution >= 4 is 5.97 Å². The first-order valence-electron chi connectivity index (χ1n) is 4.35. The predicted octanol–water partition coefficient (Wildman–Crippen LogP) is -0.605. The van der Waals surface area contributed by atoms with E-state index in [1.165, 1.54) is 0 Å². The average Bonchev–Trinajstić information content (AvgIpc) is 2.33. The summed E-state index contributed by atoms with van der Waals surface area (Å²) in [5, 5.41) is 10.6. The summed E-state index contributed by atoms with van der Waals surface area (Å²) in [5.74, 6) is -0.193.